The second-order valence-corrected chi connectivity index (χ2v) is 6.83. The Morgan fingerprint density at radius 2 is 1.65 bits per heavy atom. The van der Waals surface area contributed by atoms with Crippen LogP contribution in [-0.2, 0) is 9.59 Å². The molecule has 4 N–H and O–H groups in total. The Morgan fingerprint density at radius 1 is 1.00 bits per heavy atom. The maximum Gasteiger partial charge on any atom is 0.306 e. The Kier molecular flexibility index (Phi) is 3.71. The van der Waals surface area contributed by atoms with Crippen LogP contribution in [0.5, 0.6) is 0 Å². The molecule has 0 radical (unpaired) electrons. The van der Waals surface area contributed by atoms with E-state index in [4.69, 9.17) is 10.8 Å². The third-order valence-electron chi connectivity index (χ3n) is 5.71. The highest BCUT2D eigenvalue weighted by Gasteiger charge is 2.49. The number of carbonyl (C=O) groups is 2. The minimum absolute atomic E-state index is 0.00838. The molecular formula is C15H24N2O3. The fraction of sp³-hybridized carbons (Fsp3) is 0.867. The minimum Gasteiger partial charge on any atom is -0.481 e. The van der Waals surface area contributed by atoms with Crippen molar-refractivity contribution in [1.82, 2.24) is 5.32 Å². The SMILES string of the molecule is NC1C2CCC(C2)C1C(=O)NC1CCC(C(=O)O)CC1. The smallest absolute Gasteiger partial charge is 0.306 e. The van der Waals surface area contributed by atoms with Crippen LogP contribution >= 0.6 is 0 Å². The van der Waals surface area contributed by atoms with E-state index in [1.807, 2.05) is 0 Å². The highest BCUT2D eigenvalue weighted by Crippen LogP contribution is 2.47. The number of hydrogen-bond donors (Lipinski definition) is 3. The van der Waals surface area contributed by atoms with Gasteiger partial charge in [0.15, 0.2) is 0 Å². The number of carbonyl (C=O) groups excluding carboxylic acids is 1. The molecule has 0 heterocycles. The van der Waals surface area contributed by atoms with Gasteiger partial charge in [0, 0.05) is 12.1 Å². The summed E-state index contributed by atoms with van der Waals surface area (Å²) >= 11 is 0. The van der Waals surface area contributed by atoms with Gasteiger partial charge < -0.3 is 16.2 Å². The molecule has 3 rings (SSSR count). The van der Waals surface area contributed by atoms with Crippen molar-refractivity contribution in [2.75, 3.05) is 0 Å². The van der Waals surface area contributed by atoms with Crippen LogP contribution in [0.3, 0.4) is 0 Å². The minimum atomic E-state index is -0.704. The quantitative estimate of drug-likeness (QED) is 0.722. The number of fused-ring (bicyclic) bond motifs is 2. The molecule has 5 nitrogen and oxygen atoms in total. The Bertz CT molecular complexity index is 402. The van der Waals surface area contributed by atoms with Crippen LogP contribution in [0.4, 0.5) is 0 Å². The van der Waals surface area contributed by atoms with Crippen LogP contribution in [0, 0.1) is 23.7 Å². The molecule has 0 spiro atoms. The van der Waals surface area contributed by atoms with Gasteiger partial charge in [-0.05, 0) is 56.8 Å². The fourth-order valence-electron chi connectivity index (χ4n) is 4.51. The second kappa shape index (κ2) is 5.35. The third-order valence-corrected chi connectivity index (χ3v) is 5.71. The molecule has 0 aromatic heterocycles. The predicted octanol–water partition coefficient (Wildman–Crippen LogP) is 1.12. The second-order valence-electron chi connectivity index (χ2n) is 6.83. The van der Waals surface area contributed by atoms with E-state index < -0.39 is 5.97 Å². The normalized spacial score (nSPS) is 43.5. The van der Waals surface area contributed by atoms with Crippen molar-refractivity contribution in [3.63, 3.8) is 0 Å². The zero-order valence-corrected chi connectivity index (χ0v) is 11.8. The van der Waals surface area contributed by atoms with Crippen molar-refractivity contribution in [3.05, 3.63) is 0 Å². The number of carboxylic acids is 1. The first-order valence-electron chi connectivity index (χ1n) is 7.85. The van der Waals surface area contributed by atoms with Gasteiger partial charge >= 0.3 is 5.97 Å². The first-order chi connectivity index (χ1) is 9.56. The molecular weight excluding hydrogens is 256 g/mol. The van der Waals surface area contributed by atoms with E-state index in [9.17, 15) is 9.59 Å². The van der Waals surface area contributed by atoms with Crippen molar-refractivity contribution in [2.24, 2.45) is 29.4 Å². The fourth-order valence-corrected chi connectivity index (χ4v) is 4.51. The van der Waals surface area contributed by atoms with Gasteiger partial charge in [0.1, 0.15) is 0 Å². The molecule has 0 saturated heterocycles. The van der Waals surface area contributed by atoms with Gasteiger partial charge in [-0.15, -0.1) is 0 Å². The summed E-state index contributed by atoms with van der Waals surface area (Å²) in [5.74, 6) is 0.191. The molecule has 4 unspecified atom stereocenters. The van der Waals surface area contributed by atoms with Crippen molar-refractivity contribution < 1.29 is 14.7 Å². The maximum atomic E-state index is 12.4. The van der Waals surface area contributed by atoms with Gasteiger partial charge in [0.05, 0.1) is 11.8 Å². The molecule has 3 fully saturated rings. The Balaban J connectivity index is 1.52. The molecule has 2 bridgehead atoms. The van der Waals surface area contributed by atoms with E-state index in [1.54, 1.807) is 0 Å². The lowest BCUT2D eigenvalue weighted by atomic mass is 9.82. The lowest BCUT2D eigenvalue weighted by molar-refractivity contribution is -0.142. The highest BCUT2D eigenvalue weighted by atomic mass is 16.4. The zero-order valence-electron chi connectivity index (χ0n) is 11.8. The first kappa shape index (κ1) is 13.9. The number of carboxylic acid groups (broad SMARTS) is 1. The van der Waals surface area contributed by atoms with Crippen LogP contribution in [0.2, 0.25) is 0 Å². The van der Waals surface area contributed by atoms with Gasteiger partial charge in [-0.2, -0.15) is 0 Å². The number of nitrogens with one attached hydrogen (secondary N) is 1. The number of hydrogen-bond acceptors (Lipinski definition) is 3. The molecule has 0 aliphatic heterocycles. The van der Waals surface area contributed by atoms with Crippen LogP contribution in [0.25, 0.3) is 0 Å². The standard InChI is InChI=1S/C15H24N2O3/c16-13-10-2-1-9(7-10)12(13)14(18)17-11-5-3-8(4-6-11)15(19)20/h8-13H,1-7,16H2,(H,17,18)(H,19,20). The van der Waals surface area contributed by atoms with Crippen molar-refractivity contribution in [3.8, 4) is 0 Å². The summed E-state index contributed by atoms with van der Waals surface area (Å²) in [4.78, 5) is 23.3. The number of rotatable bonds is 3. The van der Waals surface area contributed by atoms with Gasteiger partial charge in [0.2, 0.25) is 5.91 Å². The maximum absolute atomic E-state index is 12.4. The van der Waals surface area contributed by atoms with Crippen LogP contribution in [-0.4, -0.2) is 29.1 Å². The van der Waals surface area contributed by atoms with E-state index in [0.717, 1.165) is 25.7 Å². The highest BCUT2D eigenvalue weighted by molar-refractivity contribution is 5.80. The largest absolute Gasteiger partial charge is 0.481 e. The molecule has 0 aromatic rings. The van der Waals surface area contributed by atoms with Crippen molar-refractivity contribution in [1.29, 1.82) is 0 Å². The lowest BCUT2D eigenvalue weighted by Crippen LogP contribution is -2.49. The summed E-state index contributed by atoms with van der Waals surface area (Å²) in [6, 6.07) is 0.175. The summed E-state index contributed by atoms with van der Waals surface area (Å²) < 4.78 is 0. The molecule has 4 atom stereocenters. The monoisotopic (exact) mass is 280 g/mol. The molecule has 3 saturated carbocycles. The number of aliphatic carboxylic acids is 1. The topological polar surface area (TPSA) is 92.4 Å². The lowest BCUT2D eigenvalue weighted by Gasteiger charge is -2.31. The predicted molar refractivity (Wildman–Crippen MR) is 73.8 cm³/mol. The van der Waals surface area contributed by atoms with Crippen molar-refractivity contribution in [2.45, 2.75) is 57.0 Å². The zero-order chi connectivity index (χ0) is 14.3. The molecule has 112 valence electrons. The molecule has 0 aromatic carbocycles. The Morgan fingerprint density at radius 3 is 2.20 bits per heavy atom. The van der Waals surface area contributed by atoms with E-state index in [-0.39, 0.29) is 29.8 Å². The Hall–Kier alpha value is -1.10. The summed E-state index contributed by atoms with van der Waals surface area (Å²) in [5, 5.41) is 12.1. The van der Waals surface area contributed by atoms with E-state index in [0.29, 0.717) is 24.7 Å². The van der Waals surface area contributed by atoms with E-state index in [1.165, 1.54) is 6.42 Å². The van der Waals surface area contributed by atoms with Gasteiger partial charge in [0.25, 0.3) is 0 Å². The first-order valence-corrected chi connectivity index (χ1v) is 7.85. The molecule has 3 aliphatic rings. The molecule has 3 aliphatic carbocycles. The van der Waals surface area contributed by atoms with E-state index >= 15 is 0 Å². The molecule has 1 amide bonds. The Labute approximate surface area is 119 Å². The van der Waals surface area contributed by atoms with Gasteiger partial charge in [-0.25, -0.2) is 0 Å². The summed E-state index contributed by atoms with van der Waals surface area (Å²) in [7, 11) is 0. The van der Waals surface area contributed by atoms with Crippen LogP contribution in [0.1, 0.15) is 44.9 Å². The number of nitrogens with two attached hydrogens (primary N) is 1. The van der Waals surface area contributed by atoms with Gasteiger partial charge in [-0.3, -0.25) is 9.59 Å². The van der Waals surface area contributed by atoms with E-state index in [2.05, 4.69) is 5.32 Å². The summed E-state index contributed by atoms with van der Waals surface area (Å²) in [5.41, 5.74) is 6.19. The van der Waals surface area contributed by atoms with Crippen LogP contribution < -0.4 is 11.1 Å². The average molecular weight is 280 g/mol. The number of amides is 1. The van der Waals surface area contributed by atoms with Gasteiger partial charge in [-0.1, -0.05) is 0 Å². The summed E-state index contributed by atoms with van der Waals surface area (Å²) in [6.45, 7) is 0. The van der Waals surface area contributed by atoms with Crippen LogP contribution in [0.15, 0.2) is 0 Å². The third kappa shape index (κ3) is 2.43. The molecule has 20 heavy (non-hydrogen) atoms. The summed E-state index contributed by atoms with van der Waals surface area (Å²) in [6.07, 6.45) is 6.33. The van der Waals surface area contributed by atoms with Crippen molar-refractivity contribution >= 4 is 11.9 Å². The molecule has 5 heteroatoms. The average Bonchev–Trinajstić information content (AvgIpc) is 2.99.